The number of thiophene rings is 1. The predicted octanol–water partition coefficient (Wildman–Crippen LogP) is 11.9. The lowest BCUT2D eigenvalue weighted by atomic mass is 9.99. The van der Waals surface area contributed by atoms with Gasteiger partial charge in [0, 0.05) is 53.0 Å². The van der Waals surface area contributed by atoms with Crippen molar-refractivity contribution in [3.05, 3.63) is 157 Å². The van der Waals surface area contributed by atoms with Crippen molar-refractivity contribution in [1.29, 1.82) is 0 Å². The molecule has 0 saturated carbocycles. The SMILES string of the molecule is [2H]c1c([2H])c([2H])c(-c2c([2H])c([2H])c3sc4c([2H])c([2H])c([2H])c([2H])c4c3c2-n2c3c([2H])c([2H])c([2H])c([2H])c3c3c([2H])c(-n4c5c([2H])c([2H])c([2H])c([2H])c5c5c([2H])c([2H])c([2H])c([2H])c54)c([2H])c([2H])c32)c([2H])c1[2H]. The first-order valence-corrected chi connectivity index (χ1v) is 14.1. The Morgan fingerprint density at radius 2 is 0.978 bits per heavy atom. The van der Waals surface area contributed by atoms with Crippen LogP contribution in [-0.2, 0) is 0 Å². The van der Waals surface area contributed by atoms with Crippen LogP contribution in [0.15, 0.2) is 157 Å². The quantitative estimate of drug-likeness (QED) is 0.187. The predicted molar refractivity (Wildman–Crippen MR) is 193 cm³/mol. The minimum Gasteiger partial charge on any atom is -0.309 e. The molecule has 210 valence electrons. The van der Waals surface area contributed by atoms with Crippen LogP contribution >= 0.6 is 11.3 Å². The fourth-order valence-corrected chi connectivity index (χ4v) is 6.67. The molecule has 0 amide bonds. The minimum atomic E-state index is -1.01. The fourth-order valence-electron chi connectivity index (χ4n) is 5.70. The molecular formula is C42H26N2S. The van der Waals surface area contributed by atoms with Gasteiger partial charge in [-0.25, -0.2) is 0 Å². The lowest BCUT2D eigenvalue weighted by Gasteiger charge is -2.16. The average molecular weight is 617 g/mol. The summed E-state index contributed by atoms with van der Waals surface area (Å²) in [5.74, 6) is 0. The van der Waals surface area contributed by atoms with Crippen molar-refractivity contribution in [2.75, 3.05) is 0 Å². The van der Waals surface area contributed by atoms with Gasteiger partial charge in [-0.05, 0) is 53.9 Å². The highest BCUT2D eigenvalue weighted by molar-refractivity contribution is 7.25. The van der Waals surface area contributed by atoms with Crippen LogP contribution in [-0.4, -0.2) is 9.13 Å². The number of hydrogen-bond acceptors (Lipinski definition) is 1. The highest BCUT2D eigenvalue weighted by Gasteiger charge is 2.21. The average Bonchev–Trinajstić information content (AvgIpc) is 4.03. The van der Waals surface area contributed by atoms with Crippen LogP contribution in [0.1, 0.15) is 35.6 Å². The Kier molecular flexibility index (Phi) is 2.19. The first-order chi connectivity index (χ1) is 33.2. The van der Waals surface area contributed by atoms with E-state index in [0.29, 0.717) is 11.3 Å². The van der Waals surface area contributed by atoms with Gasteiger partial charge in [-0.2, -0.15) is 0 Å². The second-order valence-corrected chi connectivity index (χ2v) is 10.8. The van der Waals surface area contributed by atoms with Crippen molar-refractivity contribution < 1.29 is 35.6 Å². The third kappa shape index (κ3) is 3.50. The minimum absolute atomic E-state index is 0.197. The third-order valence-electron chi connectivity index (χ3n) is 7.48. The molecule has 0 unspecified atom stereocenters. The highest BCUT2D eigenvalue weighted by atomic mass is 32.1. The van der Waals surface area contributed by atoms with Crippen LogP contribution in [0.2, 0.25) is 0 Å². The normalized spacial score (nSPS) is 20.1. The van der Waals surface area contributed by atoms with Crippen molar-refractivity contribution in [3.8, 4) is 22.5 Å². The van der Waals surface area contributed by atoms with Crippen LogP contribution in [0, 0.1) is 0 Å². The van der Waals surface area contributed by atoms with Crippen LogP contribution in [0.25, 0.3) is 86.3 Å². The van der Waals surface area contributed by atoms with Gasteiger partial charge in [-0.3, -0.25) is 0 Å². The van der Waals surface area contributed by atoms with Crippen molar-refractivity contribution in [3.63, 3.8) is 0 Å². The monoisotopic (exact) mass is 616 g/mol. The maximum Gasteiger partial charge on any atom is 0.0652 e. The van der Waals surface area contributed by atoms with Crippen LogP contribution in [0.4, 0.5) is 0 Å². The molecular weight excluding hydrogens is 565 g/mol. The number of fused-ring (bicyclic) bond motifs is 9. The molecule has 0 radical (unpaired) electrons. The number of hydrogen-bond donors (Lipinski definition) is 0. The molecule has 2 nitrogen and oxygen atoms in total. The van der Waals surface area contributed by atoms with Crippen LogP contribution < -0.4 is 0 Å². The number of benzene rings is 7. The van der Waals surface area contributed by atoms with Crippen molar-refractivity contribution in [2.45, 2.75) is 0 Å². The Morgan fingerprint density at radius 3 is 1.69 bits per heavy atom. The molecule has 0 fully saturated rings. The number of rotatable bonds is 3. The van der Waals surface area contributed by atoms with E-state index in [0.717, 1.165) is 9.13 Å². The fraction of sp³-hybridized carbons (Fsp3) is 0. The Bertz CT molecular complexity index is 4140. The molecule has 3 heterocycles. The van der Waals surface area contributed by atoms with E-state index in [-0.39, 0.29) is 20.2 Å². The summed E-state index contributed by atoms with van der Waals surface area (Å²) in [6, 6.07) is -22.1. The summed E-state index contributed by atoms with van der Waals surface area (Å²) in [4.78, 5) is 0. The molecule has 10 aromatic rings. The Morgan fingerprint density at radius 1 is 0.422 bits per heavy atom. The van der Waals surface area contributed by atoms with Gasteiger partial charge in [0.15, 0.2) is 0 Å². The highest BCUT2D eigenvalue weighted by Crippen LogP contribution is 2.45. The summed E-state index contributed by atoms with van der Waals surface area (Å²) in [6.45, 7) is 0. The van der Waals surface area contributed by atoms with Gasteiger partial charge in [0.05, 0.1) is 63.4 Å². The number of aromatic nitrogens is 2. The second kappa shape index (κ2) is 9.43. The summed E-state index contributed by atoms with van der Waals surface area (Å²) in [5, 5.41) is -2.82. The number of nitrogens with zero attached hydrogens (tertiary/aromatic N) is 2. The standard InChI is InChI=1S/C42H26N2S/c1-2-12-27(13-3-1)29-23-25-40-41(33-17-7-11-21-39(33)45-40)42(29)44-37-20-10-6-16-32(37)34-26-28(22-24-38(34)44)43-35-18-8-4-14-30(35)31-15-5-9-19-36(31)43/h1-26H/i1D,2D,3D,4D,5D,6D,7D,8D,9D,10D,11D,12D,13D,14D,15D,16D,17D,18D,19D,20D,21D,22D,23D,24D,25D,26D. The zero-order valence-corrected chi connectivity index (χ0v) is 23.1. The molecule has 0 aliphatic rings. The van der Waals surface area contributed by atoms with E-state index < -0.39 is 223 Å². The maximum atomic E-state index is 10.0. The molecule has 0 aliphatic heterocycles. The molecule has 0 bridgehead atoms. The molecule has 3 aromatic heterocycles. The zero-order valence-electron chi connectivity index (χ0n) is 48.3. The van der Waals surface area contributed by atoms with E-state index in [4.69, 9.17) is 24.7 Å². The van der Waals surface area contributed by atoms with Gasteiger partial charge in [0.25, 0.3) is 0 Å². The Labute approximate surface area is 300 Å². The van der Waals surface area contributed by atoms with Gasteiger partial charge in [-0.1, -0.05) is 109 Å². The maximum absolute atomic E-state index is 10.0. The molecule has 10 rings (SSSR count). The molecule has 0 aliphatic carbocycles. The molecule has 0 N–H and O–H groups in total. The van der Waals surface area contributed by atoms with Crippen molar-refractivity contribution in [1.82, 2.24) is 9.13 Å². The van der Waals surface area contributed by atoms with Gasteiger partial charge in [-0.15, -0.1) is 11.3 Å². The summed E-state index contributed by atoms with van der Waals surface area (Å²) < 4.78 is 235. The molecule has 45 heavy (non-hydrogen) atoms. The third-order valence-corrected chi connectivity index (χ3v) is 8.50. The first-order valence-electron chi connectivity index (χ1n) is 26.2. The van der Waals surface area contributed by atoms with Crippen molar-refractivity contribution in [2.24, 2.45) is 0 Å². The van der Waals surface area contributed by atoms with E-state index in [9.17, 15) is 11.0 Å². The van der Waals surface area contributed by atoms with E-state index >= 15 is 0 Å². The molecule has 3 heteroatoms. The van der Waals surface area contributed by atoms with Gasteiger partial charge in [0.1, 0.15) is 0 Å². The summed E-state index contributed by atoms with van der Waals surface area (Å²) in [6.07, 6.45) is 0. The second-order valence-electron chi connectivity index (χ2n) is 9.77. The summed E-state index contributed by atoms with van der Waals surface area (Å²) >= 11 is 0.617. The van der Waals surface area contributed by atoms with Gasteiger partial charge < -0.3 is 9.13 Å². The van der Waals surface area contributed by atoms with Crippen LogP contribution in [0.3, 0.4) is 0 Å². The molecule has 0 saturated heterocycles. The Balaban J connectivity index is 1.57. The topological polar surface area (TPSA) is 9.86 Å². The van der Waals surface area contributed by atoms with E-state index in [2.05, 4.69) is 0 Å². The summed E-state index contributed by atoms with van der Waals surface area (Å²) in [5.41, 5.74) is -5.26. The smallest absolute Gasteiger partial charge is 0.0652 e. The first kappa shape index (κ1) is 10.5. The van der Waals surface area contributed by atoms with Crippen molar-refractivity contribution >= 4 is 75.1 Å². The molecule has 7 aromatic carbocycles. The van der Waals surface area contributed by atoms with Gasteiger partial charge in [0.2, 0.25) is 0 Å². The molecule has 0 spiro atoms. The van der Waals surface area contributed by atoms with E-state index in [1.807, 2.05) is 0 Å². The largest absolute Gasteiger partial charge is 0.309 e. The van der Waals surface area contributed by atoms with E-state index in [1.165, 1.54) is 0 Å². The Hall–Kier alpha value is -5.64. The van der Waals surface area contributed by atoms with Crippen LogP contribution in [0.5, 0.6) is 0 Å². The van der Waals surface area contributed by atoms with E-state index in [1.54, 1.807) is 0 Å². The number of para-hydroxylation sites is 3. The zero-order chi connectivity index (χ0) is 52.1. The lowest BCUT2D eigenvalue weighted by Crippen LogP contribution is -1.99. The summed E-state index contributed by atoms with van der Waals surface area (Å²) in [7, 11) is 0. The van der Waals surface area contributed by atoms with Gasteiger partial charge >= 0.3 is 0 Å². The molecule has 0 atom stereocenters. The lowest BCUT2D eigenvalue weighted by molar-refractivity contribution is 1.17.